The van der Waals surface area contributed by atoms with Crippen molar-refractivity contribution in [3.8, 4) is 11.5 Å². The molecular formula is C33H38O6. The van der Waals surface area contributed by atoms with E-state index < -0.39 is 17.5 Å². The summed E-state index contributed by atoms with van der Waals surface area (Å²) in [6.07, 6.45) is 5.93. The molecule has 6 heteroatoms. The van der Waals surface area contributed by atoms with E-state index in [9.17, 15) is 24.9 Å². The average molecular weight is 531 g/mol. The number of aromatic hydroxyl groups is 2. The van der Waals surface area contributed by atoms with Crippen molar-refractivity contribution in [3.63, 3.8) is 0 Å². The predicted octanol–water partition coefficient (Wildman–Crippen LogP) is 7.07. The zero-order valence-electron chi connectivity index (χ0n) is 23.3. The smallest absolute Gasteiger partial charge is 0.340 e. The first kappa shape index (κ1) is 28.2. The van der Waals surface area contributed by atoms with Gasteiger partial charge in [-0.1, -0.05) is 71.6 Å². The molecule has 0 saturated carbocycles. The highest BCUT2D eigenvalue weighted by molar-refractivity contribution is 6.02. The van der Waals surface area contributed by atoms with Crippen molar-refractivity contribution in [2.45, 2.75) is 84.7 Å². The lowest BCUT2D eigenvalue weighted by Gasteiger charge is -2.36. The fraction of sp³-hybridized carbons (Fsp3) is 0.394. The van der Waals surface area contributed by atoms with Gasteiger partial charge in [-0.3, -0.25) is 0 Å². The number of aromatic carboxylic acids is 1. The van der Waals surface area contributed by atoms with Crippen molar-refractivity contribution in [3.05, 3.63) is 92.5 Å². The van der Waals surface area contributed by atoms with Crippen molar-refractivity contribution in [2.24, 2.45) is 0 Å². The lowest BCUT2D eigenvalue weighted by molar-refractivity contribution is 0.0228. The van der Waals surface area contributed by atoms with E-state index in [-0.39, 0.29) is 28.2 Å². The summed E-state index contributed by atoms with van der Waals surface area (Å²) >= 11 is 0. The molecule has 0 unspecified atom stereocenters. The van der Waals surface area contributed by atoms with Crippen LogP contribution in [-0.2, 0) is 36.0 Å². The molecule has 0 fully saturated rings. The number of carbonyl (C=O) groups excluding carboxylic acids is 1. The van der Waals surface area contributed by atoms with Gasteiger partial charge in [0.15, 0.2) is 5.60 Å². The van der Waals surface area contributed by atoms with Crippen LogP contribution < -0.4 is 0 Å². The quantitative estimate of drug-likeness (QED) is 0.229. The van der Waals surface area contributed by atoms with E-state index in [1.54, 1.807) is 18.2 Å². The standard InChI is InChI=1S/C33H38O6/c1-5-10-20-16-22(12-7-3)28(26(34)18-20)33(29-23(13-8-4)17-21(11-6-2)19-27(29)35)30-24(31(36)37)14-9-15-25(30)32(38)39-33/h9,14-19,34-35H,5-8,10-13H2,1-4H3,(H,36,37). The van der Waals surface area contributed by atoms with Gasteiger partial charge in [-0.05, 0) is 72.2 Å². The van der Waals surface area contributed by atoms with Crippen LogP contribution in [0.1, 0.15) is 113 Å². The molecule has 3 N–H and O–H groups in total. The van der Waals surface area contributed by atoms with Gasteiger partial charge in [0.25, 0.3) is 0 Å². The number of rotatable bonds is 11. The van der Waals surface area contributed by atoms with Crippen molar-refractivity contribution < 1.29 is 29.6 Å². The first-order chi connectivity index (χ1) is 18.7. The van der Waals surface area contributed by atoms with Crippen molar-refractivity contribution in [1.29, 1.82) is 0 Å². The Morgan fingerprint density at radius 2 is 1.23 bits per heavy atom. The number of cyclic esters (lactones) is 1. The summed E-state index contributed by atoms with van der Waals surface area (Å²) in [5, 5.41) is 33.6. The predicted molar refractivity (Wildman–Crippen MR) is 151 cm³/mol. The Hall–Kier alpha value is -3.80. The van der Waals surface area contributed by atoms with Gasteiger partial charge < -0.3 is 20.1 Å². The highest BCUT2D eigenvalue weighted by Crippen LogP contribution is 2.55. The molecule has 3 aromatic carbocycles. The van der Waals surface area contributed by atoms with Gasteiger partial charge in [-0.2, -0.15) is 0 Å². The van der Waals surface area contributed by atoms with E-state index in [0.29, 0.717) is 24.0 Å². The molecule has 206 valence electrons. The van der Waals surface area contributed by atoms with Crippen LogP contribution in [0.15, 0.2) is 42.5 Å². The van der Waals surface area contributed by atoms with Crippen LogP contribution in [0.3, 0.4) is 0 Å². The number of phenolic OH excluding ortho intramolecular Hbond substituents is 2. The Bertz CT molecular complexity index is 1340. The molecule has 39 heavy (non-hydrogen) atoms. The maximum Gasteiger partial charge on any atom is 0.340 e. The number of ether oxygens (including phenoxy) is 1. The van der Waals surface area contributed by atoms with Gasteiger partial charge >= 0.3 is 11.9 Å². The van der Waals surface area contributed by atoms with Crippen LogP contribution in [0.4, 0.5) is 0 Å². The minimum atomic E-state index is -1.83. The molecule has 1 aliphatic rings. The summed E-state index contributed by atoms with van der Waals surface area (Å²) < 4.78 is 6.30. The third-order valence-corrected chi connectivity index (χ3v) is 7.45. The van der Waals surface area contributed by atoms with E-state index in [2.05, 4.69) is 13.8 Å². The van der Waals surface area contributed by atoms with Gasteiger partial charge in [0.1, 0.15) is 11.5 Å². The number of hydrogen-bond acceptors (Lipinski definition) is 5. The van der Waals surface area contributed by atoms with Crippen LogP contribution in [0.25, 0.3) is 0 Å². The first-order valence-corrected chi connectivity index (χ1v) is 14.0. The summed E-state index contributed by atoms with van der Waals surface area (Å²) in [5.41, 5.74) is 2.40. The molecule has 0 radical (unpaired) electrons. The lowest BCUT2D eigenvalue weighted by Crippen LogP contribution is -2.34. The maximum absolute atomic E-state index is 13.5. The molecule has 0 spiro atoms. The van der Waals surface area contributed by atoms with Gasteiger partial charge in [0, 0.05) is 16.7 Å². The number of benzene rings is 3. The van der Waals surface area contributed by atoms with E-state index in [1.807, 2.05) is 26.0 Å². The minimum absolute atomic E-state index is 0.0790. The number of hydrogen-bond donors (Lipinski definition) is 3. The SMILES string of the molecule is CCCc1cc(O)c(C2(c3c(O)cc(CCC)cc3CCC)OC(=O)c3cccc(C(=O)O)c32)c(CCC)c1. The zero-order chi connectivity index (χ0) is 28.3. The third-order valence-electron chi connectivity index (χ3n) is 7.45. The Labute approximate surface area is 230 Å². The molecule has 0 amide bonds. The normalized spacial score (nSPS) is 13.8. The summed E-state index contributed by atoms with van der Waals surface area (Å²) in [6, 6.07) is 11.9. The number of fused-ring (bicyclic) bond motifs is 1. The molecule has 0 saturated heterocycles. The molecule has 0 aliphatic carbocycles. The van der Waals surface area contributed by atoms with Crippen molar-refractivity contribution in [1.82, 2.24) is 0 Å². The Morgan fingerprint density at radius 1 is 0.744 bits per heavy atom. The molecule has 6 nitrogen and oxygen atoms in total. The number of phenols is 2. The van der Waals surface area contributed by atoms with E-state index in [4.69, 9.17) is 4.74 Å². The molecule has 0 atom stereocenters. The van der Waals surface area contributed by atoms with Crippen LogP contribution in [-0.4, -0.2) is 27.3 Å². The second-order valence-electron chi connectivity index (χ2n) is 10.4. The van der Waals surface area contributed by atoms with Crippen LogP contribution >= 0.6 is 0 Å². The molecule has 3 aromatic rings. The number of carboxylic acid groups (broad SMARTS) is 1. The second-order valence-corrected chi connectivity index (χ2v) is 10.4. The number of carboxylic acids is 1. The first-order valence-electron chi connectivity index (χ1n) is 14.0. The van der Waals surface area contributed by atoms with E-state index in [0.717, 1.165) is 60.8 Å². The second kappa shape index (κ2) is 11.5. The van der Waals surface area contributed by atoms with Crippen molar-refractivity contribution in [2.75, 3.05) is 0 Å². The topological polar surface area (TPSA) is 104 Å². The molecular weight excluding hydrogens is 492 g/mol. The van der Waals surface area contributed by atoms with Crippen molar-refractivity contribution >= 4 is 11.9 Å². The highest BCUT2D eigenvalue weighted by atomic mass is 16.6. The average Bonchev–Trinajstić information content (AvgIpc) is 3.17. The Kier molecular flexibility index (Phi) is 8.34. The number of carbonyl (C=O) groups is 2. The molecule has 1 heterocycles. The largest absolute Gasteiger partial charge is 0.507 e. The van der Waals surface area contributed by atoms with Crippen LogP contribution in [0.2, 0.25) is 0 Å². The third kappa shape index (κ3) is 4.88. The summed E-state index contributed by atoms with van der Waals surface area (Å²) in [4.78, 5) is 26.1. The number of esters is 1. The maximum atomic E-state index is 13.5. The van der Waals surface area contributed by atoms with Gasteiger partial charge in [0.2, 0.25) is 0 Å². The van der Waals surface area contributed by atoms with Gasteiger partial charge in [-0.15, -0.1) is 0 Å². The number of aryl methyl sites for hydroxylation is 4. The molecule has 0 bridgehead atoms. The fourth-order valence-electron chi connectivity index (χ4n) is 6.11. The van der Waals surface area contributed by atoms with E-state index in [1.165, 1.54) is 12.1 Å². The molecule has 0 aromatic heterocycles. The monoisotopic (exact) mass is 530 g/mol. The molecule has 1 aliphatic heterocycles. The summed E-state index contributed by atoms with van der Waals surface area (Å²) in [7, 11) is 0. The minimum Gasteiger partial charge on any atom is -0.507 e. The Morgan fingerprint density at radius 3 is 1.67 bits per heavy atom. The van der Waals surface area contributed by atoms with Gasteiger partial charge in [-0.25, -0.2) is 9.59 Å². The van der Waals surface area contributed by atoms with Crippen LogP contribution in [0.5, 0.6) is 11.5 Å². The lowest BCUT2D eigenvalue weighted by atomic mass is 9.72. The molecule has 4 rings (SSSR count). The van der Waals surface area contributed by atoms with Crippen LogP contribution in [0, 0.1) is 0 Å². The fourth-order valence-corrected chi connectivity index (χ4v) is 6.11. The van der Waals surface area contributed by atoms with Gasteiger partial charge in [0.05, 0.1) is 11.1 Å². The summed E-state index contributed by atoms with van der Waals surface area (Å²) in [5.74, 6) is -2.06. The Balaban J connectivity index is 2.23. The summed E-state index contributed by atoms with van der Waals surface area (Å²) in [6.45, 7) is 8.17. The van der Waals surface area contributed by atoms with E-state index >= 15 is 0 Å². The zero-order valence-corrected chi connectivity index (χ0v) is 23.3. The highest BCUT2D eigenvalue weighted by Gasteiger charge is 2.55.